The third-order valence-corrected chi connectivity index (χ3v) is 10.00. The standard InChI is InChI=1S/C31H24Cl2N2O3S/c32-20-15-21-27-22(17-26(28(27)33)39-25-14-8-7-13-24(25)35(37)38)29(18-9-3-1-4-10-18)34-30(21)23(16-20)31(36)19-11-5-2-6-12-19/h1-16,22,26-29,34H,17H2/t22-,26+,27-,28-,29-/m1/s1. The van der Waals surface area contributed by atoms with Crippen LogP contribution in [0.15, 0.2) is 102 Å². The first-order chi connectivity index (χ1) is 18.9. The lowest BCUT2D eigenvalue weighted by Crippen LogP contribution is -2.32. The van der Waals surface area contributed by atoms with Gasteiger partial charge in [0.15, 0.2) is 5.78 Å². The minimum absolute atomic E-state index is 0.0750. The second kappa shape index (κ2) is 10.7. The number of carbonyl (C=O) groups is 1. The molecule has 0 amide bonds. The lowest BCUT2D eigenvalue weighted by molar-refractivity contribution is -0.387. The molecule has 0 bridgehead atoms. The van der Waals surface area contributed by atoms with Gasteiger partial charge in [-0.2, -0.15) is 0 Å². The van der Waals surface area contributed by atoms with E-state index in [1.165, 1.54) is 17.8 Å². The Bertz CT molecular complexity index is 1550. The van der Waals surface area contributed by atoms with Gasteiger partial charge in [0.1, 0.15) is 0 Å². The normalized spacial score (nSPS) is 23.4. The van der Waals surface area contributed by atoms with E-state index in [-0.39, 0.29) is 44.9 Å². The van der Waals surface area contributed by atoms with Gasteiger partial charge < -0.3 is 5.32 Å². The second-order valence-corrected chi connectivity index (χ2v) is 12.1. The summed E-state index contributed by atoms with van der Waals surface area (Å²) in [5.74, 6) is -0.114. The topological polar surface area (TPSA) is 72.2 Å². The first kappa shape index (κ1) is 25.9. The van der Waals surface area contributed by atoms with E-state index in [4.69, 9.17) is 23.2 Å². The second-order valence-electron chi connectivity index (χ2n) is 9.90. The number of halogens is 2. The van der Waals surface area contributed by atoms with Crippen LogP contribution in [0.25, 0.3) is 0 Å². The number of nitrogens with zero attached hydrogens (tertiary/aromatic N) is 1. The number of anilines is 1. The van der Waals surface area contributed by atoms with Gasteiger partial charge in [0.2, 0.25) is 0 Å². The number of hydrogen-bond acceptors (Lipinski definition) is 5. The predicted molar refractivity (Wildman–Crippen MR) is 157 cm³/mol. The predicted octanol–water partition coefficient (Wildman–Crippen LogP) is 8.52. The highest BCUT2D eigenvalue weighted by atomic mass is 35.5. The van der Waals surface area contributed by atoms with Gasteiger partial charge in [0.25, 0.3) is 5.69 Å². The van der Waals surface area contributed by atoms with Crippen molar-refractivity contribution >= 4 is 52.1 Å². The minimum atomic E-state index is -0.349. The summed E-state index contributed by atoms with van der Waals surface area (Å²) in [6, 6.07) is 29.7. The molecule has 1 saturated carbocycles. The summed E-state index contributed by atoms with van der Waals surface area (Å²) in [7, 11) is 0. The van der Waals surface area contributed by atoms with Crippen molar-refractivity contribution in [1.29, 1.82) is 0 Å². The lowest BCUT2D eigenvalue weighted by Gasteiger charge is -2.39. The Labute approximate surface area is 240 Å². The van der Waals surface area contributed by atoms with Crippen LogP contribution in [0.1, 0.15) is 45.4 Å². The largest absolute Gasteiger partial charge is 0.377 e. The van der Waals surface area contributed by atoms with Crippen molar-refractivity contribution in [2.75, 3.05) is 5.32 Å². The molecule has 1 fully saturated rings. The number of nitrogens with one attached hydrogen (secondary N) is 1. The number of ketones is 1. The highest BCUT2D eigenvalue weighted by Gasteiger charge is 2.51. The number of para-hydroxylation sites is 1. The van der Waals surface area contributed by atoms with Crippen molar-refractivity contribution in [3.8, 4) is 0 Å². The number of alkyl halides is 1. The number of rotatable bonds is 6. The molecular weight excluding hydrogens is 551 g/mol. The van der Waals surface area contributed by atoms with E-state index in [2.05, 4.69) is 17.4 Å². The Hall–Kier alpha value is -3.32. The van der Waals surface area contributed by atoms with Crippen molar-refractivity contribution in [3.05, 3.63) is 134 Å². The molecule has 196 valence electrons. The van der Waals surface area contributed by atoms with Crippen LogP contribution < -0.4 is 5.32 Å². The summed E-state index contributed by atoms with van der Waals surface area (Å²) < 4.78 is 0. The van der Waals surface area contributed by atoms with Gasteiger partial charge in [0, 0.05) is 39.1 Å². The average molecular weight is 576 g/mol. The number of hydrogen-bond donors (Lipinski definition) is 1. The van der Waals surface area contributed by atoms with Crippen LogP contribution in [0.2, 0.25) is 5.02 Å². The van der Waals surface area contributed by atoms with E-state index in [1.54, 1.807) is 30.3 Å². The molecule has 1 N–H and O–H groups in total. The van der Waals surface area contributed by atoms with Crippen molar-refractivity contribution in [1.82, 2.24) is 0 Å². The quantitative estimate of drug-likeness (QED) is 0.108. The molecule has 0 radical (unpaired) electrons. The molecule has 0 aromatic heterocycles. The maximum absolute atomic E-state index is 13.7. The maximum Gasteiger partial charge on any atom is 0.282 e. The third-order valence-electron chi connectivity index (χ3n) is 7.66. The zero-order valence-electron chi connectivity index (χ0n) is 20.7. The number of benzene rings is 4. The highest BCUT2D eigenvalue weighted by Crippen LogP contribution is 2.59. The minimum Gasteiger partial charge on any atom is -0.377 e. The van der Waals surface area contributed by atoms with Crippen LogP contribution >= 0.6 is 35.0 Å². The fourth-order valence-electron chi connectivity index (χ4n) is 5.97. The molecule has 1 aliphatic heterocycles. The molecule has 6 rings (SSSR count). The lowest BCUT2D eigenvalue weighted by atomic mass is 9.76. The number of nitro benzene ring substituents is 1. The molecule has 4 aromatic rings. The summed E-state index contributed by atoms with van der Waals surface area (Å²) in [6.07, 6.45) is 0.746. The maximum atomic E-state index is 13.7. The Kier molecular flexibility index (Phi) is 7.10. The molecular formula is C31H24Cl2N2O3S. The van der Waals surface area contributed by atoms with E-state index in [9.17, 15) is 14.9 Å². The number of thioether (sulfide) groups is 1. The summed E-state index contributed by atoms with van der Waals surface area (Å²) in [5, 5.41) is 15.5. The molecule has 5 atom stereocenters. The first-order valence-electron chi connectivity index (χ1n) is 12.7. The molecule has 0 unspecified atom stereocenters. The van der Waals surface area contributed by atoms with Gasteiger partial charge in [-0.05, 0) is 41.7 Å². The van der Waals surface area contributed by atoms with E-state index >= 15 is 0 Å². The van der Waals surface area contributed by atoms with E-state index < -0.39 is 0 Å². The Morgan fingerprint density at radius 2 is 1.62 bits per heavy atom. The van der Waals surface area contributed by atoms with Gasteiger partial charge in [-0.25, -0.2) is 0 Å². The van der Waals surface area contributed by atoms with E-state index in [1.807, 2.05) is 48.5 Å². The summed E-state index contributed by atoms with van der Waals surface area (Å²) in [4.78, 5) is 25.6. The molecule has 39 heavy (non-hydrogen) atoms. The number of carbonyl (C=O) groups excluding carboxylic acids is 1. The van der Waals surface area contributed by atoms with E-state index in [0.717, 1.165) is 23.2 Å². The first-order valence-corrected chi connectivity index (χ1v) is 14.4. The van der Waals surface area contributed by atoms with Gasteiger partial charge in [-0.3, -0.25) is 14.9 Å². The highest BCUT2D eigenvalue weighted by molar-refractivity contribution is 8.00. The van der Waals surface area contributed by atoms with Crippen molar-refractivity contribution < 1.29 is 9.72 Å². The van der Waals surface area contributed by atoms with Gasteiger partial charge >= 0.3 is 0 Å². The Morgan fingerprint density at radius 3 is 2.33 bits per heavy atom. The Balaban J connectivity index is 1.45. The smallest absolute Gasteiger partial charge is 0.282 e. The zero-order chi connectivity index (χ0) is 27.1. The van der Waals surface area contributed by atoms with E-state index in [0.29, 0.717) is 21.0 Å². The Morgan fingerprint density at radius 1 is 0.949 bits per heavy atom. The zero-order valence-corrected chi connectivity index (χ0v) is 23.0. The molecule has 1 aliphatic carbocycles. The van der Waals surface area contributed by atoms with Crippen LogP contribution in [0.4, 0.5) is 11.4 Å². The summed E-state index contributed by atoms with van der Waals surface area (Å²) in [6.45, 7) is 0. The molecule has 2 aliphatic rings. The summed E-state index contributed by atoms with van der Waals surface area (Å²) >= 11 is 15.4. The molecule has 0 spiro atoms. The van der Waals surface area contributed by atoms with Crippen LogP contribution in [0, 0.1) is 16.0 Å². The van der Waals surface area contributed by atoms with Crippen molar-refractivity contribution in [2.45, 2.75) is 33.9 Å². The number of nitro groups is 1. The van der Waals surface area contributed by atoms with Crippen molar-refractivity contribution in [3.63, 3.8) is 0 Å². The molecule has 4 aromatic carbocycles. The third kappa shape index (κ3) is 4.82. The molecule has 1 heterocycles. The van der Waals surface area contributed by atoms with Gasteiger partial charge in [-0.1, -0.05) is 84.4 Å². The molecule has 0 saturated heterocycles. The molecule has 5 nitrogen and oxygen atoms in total. The average Bonchev–Trinajstić information content (AvgIpc) is 3.28. The summed E-state index contributed by atoms with van der Waals surface area (Å²) in [5.41, 5.74) is 3.96. The fraction of sp³-hybridized carbons (Fsp3) is 0.194. The SMILES string of the molecule is O=C(c1ccccc1)c1cc(Cl)cc2c1N[C@H](c1ccccc1)[C@@H]1C[C@H](Sc3ccccc3[N+](=O)[O-])[C@@H](Cl)[C@H]21. The van der Waals surface area contributed by atoms with Gasteiger partial charge in [-0.15, -0.1) is 23.4 Å². The van der Waals surface area contributed by atoms with Crippen LogP contribution in [-0.4, -0.2) is 21.3 Å². The fourth-order valence-corrected chi connectivity index (χ4v) is 8.14. The van der Waals surface area contributed by atoms with Gasteiger partial charge in [0.05, 0.1) is 21.2 Å². The number of fused-ring (bicyclic) bond motifs is 3. The van der Waals surface area contributed by atoms with Crippen LogP contribution in [0.5, 0.6) is 0 Å². The molecule has 8 heteroatoms. The van der Waals surface area contributed by atoms with Crippen molar-refractivity contribution in [2.24, 2.45) is 5.92 Å². The van der Waals surface area contributed by atoms with Crippen LogP contribution in [0.3, 0.4) is 0 Å². The monoisotopic (exact) mass is 574 g/mol. The van der Waals surface area contributed by atoms with Crippen LogP contribution in [-0.2, 0) is 0 Å².